The van der Waals surface area contributed by atoms with Crippen molar-refractivity contribution < 1.29 is 18.7 Å². The SMILES string of the molecule is CCOC(=O)C(=Cc1c(F)ccc(Cl)c1Cl)C(C)=O. The van der Waals surface area contributed by atoms with E-state index >= 15 is 0 Å². The molecule has 1 aromatic rings. The van der Waals surface area contributed by atoms with Gasteiger partial charge in [0, 0.05) is 5.56 Å². The smallest absolute Gasteiger partial charge is 0.341 e. The number of hydrogen-bond acceptors (Lipinski definition) is 3. The zero-order valence-corrected chi connectivity index (χ0v) is 11.8. The van der Waals surface area contributed by atoms with E-state index in [0.29, 0.717) is 0 Å². The van der Waals surface area contributed by atoms with E-state index in [9.17, 15) is 14.0 Å². The van der Waals surface area contributed by atoms with Crippen LogP contribution < -0.4 is 0 Å². The van der Waals surface area contributed by atoms with Gasteiger partial charge in [-0.3, -0.25) is 4.79 Å². The summed E-state index contributed by atoms with van der Waals surface area (Å²) >= 11 is 11.6. The number of Topliss-reactive ketones (excluding diaryl/α,β-unsaturated/α-hetero) is 1. The monoisotopic (exact) mass is 304 g/mol. The number of halogens is 3. The Hall–Kier alpha value is -1.39. The summed E-state index contributed by atoms with van der Waals surface area (Å²) in [6.07, 6.45) is 1.05. The van der Waals surface area contributed by atoms with Crippen LogP contribution >= 0.6 is 23.2 Å². The molecule has 1 aromatic carbocycles. The highest BCUT2D eigenvalue weighted by Crippen LogP contribution is 2.29. The van der Waals surface area contributed by atoms with Gasteiger partial charge in [0.1, 0.15) is 11.4 Å². The minimum absolute atomic E-state index is 0.0651. The Balaban J connectivity index is 3.35. The van der Waals surface area contributed by atoms with Crippen molar-refractivity contribution in [2.45, 2.75) is 13.8 Å². The average molecular weight is 305 g/mol. The average Bonchev–Trinajstić information content (AvgIpc) is 2.34. The quantitative estimate of drug-likeness (QED) is 0.280. The van der Waals surface area contributed by atoms with Gasteiger partial charge in [0.25, 0.3) is 0 Å². The molecule has 1 rings (SSSR count). The van der Waals surface area contributed by atoms with Crippen molar-refractivity contribution in [3.63, 3.8) is 0 Å². The summed E-state index contributed by atoms with van der Waals surface area (Å²) in [5, 5.41) is 0.0609. The minimum atomic E-state index is -0.828. The number of esters is 1. The number of carbonyl (C=O) groups excluding carboxylic acids is 2. The predicted octanol–water partition coefficient (Wildman–Crippen LogP) is 3.67. The number of ketones is 1. The Bertz CT molecular complexity index is 553. The van der Waals surface area contributed by atoms with Crippen molar-refractivity contribution in [3.05, 3.63) is 39.1 Å². The Morgan fingerprint density at radius 3 is 2.53 bits per heavy atom. The molecule has 0 fully saturated rings. The first-order valence-corrected chi connectivity index (χ1v) is 6.17. The first kappa shape index (κ1) is 15.7. The van der Waals surface area contributed by atoms with Crippen molar-refractivity contribution in [2.75, 3.05) is 6.61 Å². The number of hydrogen-bond donors (Lipinski definition) is 0. The largest absolute Gasteiger partial charge is 0.462 e. The molecule has 0 bridgehead atoms. The highest BCUT2D eigenvalue weighted by Gasteiger charge is 2.18. The van der Waals surface area contributed by atoms with E-state index in [0.717, 1.165) is 12.1 Å². The predicted molar refractivity (Wildman–Crippen MR) is 71.7 cm³/mol. The number of ether oxygens (including phenoxy) is 1. The topological polar surface area (TPSA) is 43.4 Å². The van der Waals surface area contributed by atoms with Crippen LogP contribution in [0.1, 0.15) is 19.4 Å². The van der Waals surface area contributed by atoms with Gasteiger partial charge in [-0.05, 0) is 32.1 Å². The summed E-state index contributed by atoms with van der Waals surface area (Å²) in [5.41, 5.74) is -0.405. The first-order valence-electron chi connectivity index (χ1n) is 5.41. The summed E-state index contributed by atoms with van der Waals surface area (Å²) in [4.78, 5) is 23.0. The van der Waals surface area contributed by atoms with E-state index in [2.05, 4.69) is 0 Å². The van der Waals surface area contributed by atoms with Crippen molar-refractivity contribution in [1.29, 1.82) is 0 Å². The van der Waals surface area contributed by atoms with Gasteiger partial charge in [-0.2, -0.15) is 0 Å². The normalized spacial score (nSPS) is 11.3. The highest BCUT2D eigenvalue weighted by atomic mass is 35.5. The van der Waals surface area contributed by atoms with Crippen LogP contribution in [0.4, 0.5) is 4.39 Å². The second-order valence-electron chi connectivity index (χ2n) is 3.59. The van der Waals surface area contributed by atoms with E-state index in [-0.39, 0.29) is 27.8 Å². The molecule has 102 valence electrons. The van der Waals surface area contributed by atoms with Crippen LogP contribution in [-0.2, 0) is 14.3 Å². The fraction of sp³-hybridized carbons (Fsp3) is 0.231. The zero-order valence-electron chi connectivity index (χ0n) is 10.3. The molecule has 3 nitrogen and oxygen atoms in total. The fourth-order valence-corrected chi connectivity index (χ4v) is 1.71. The lowest BCUT2D eigenvalue weighted by molar-refractivity contribution is -0.139. The van der Waals surface area contributed by atoms with Crippen LogP contribution in [0.2, 0.25) is 10.0 Å². The molecular weight excluding hydrogens is 294 g/mol. The van der Waals surface area contributed by atoms with E-state index in [1.54, 1.807) is 6.92 Å². The third-order valence-corrected chi connectivity index (χ3v) is 3.06. The van der Waals surface area contributed by atoms with Crippen molar-refractivity contribution in [3.8, 4) is 0 Å². The molecule has 19 heavy (non-hydrogen) atoms. The lowest BCUT2D eigenvalue weighted by atomic mass is 10.1. The summed E-state index contributed by atoms with van der Waals surface area (Å²) in [7, 11) is 0. The number of benzene rings is 1. The Morgan fingerprint density at radius 2 is 2.00 bits per heavy atom. The molecule has 0 saturated heterocycles. The van der Waals surface area contributed by atoms with E-state index < -0.39 is 17.6 Å². The highest BCUT2D eigenvalue weighted by molar-refractivity contribution is 6.43. The van der Waals surface area contributed by atoms with Gasteiger partial charge in [-0.25, -0.2) is 9.18 Å². The van der Waals surface area contributed by atoms with E-state index in [1.165, 1.54) is 13.0 Å². The molecule has 0 spiro atoms. The number of carbonyl (C=O) groups is 2. The molecular formula is C13H11Cl2FO3. The molecule has 6 heteroatoms. The molecule has 0 atom stereocenters. The Morgan fingerprint density at radius 1 is 1.37 bits per heavy atom. The zero-order chi connectivity index (χ0) is 14.6. The van der Waals surface area contributed by atoms with Gasteiger partial charge in [-0.1, -0.05) is 23.2 Å². The van der Waals surface area contributed by atoms with Crippen molar-refractivity contribution in [2.24, 2.45) is 0 Å². The van der Waals surface area contributed by atoms with Gasteiger partial charge < -0.3 is 4.74 Å². The van der Waals surface area contributed by atoms with E-state index in [4.69, 9.17) is 27.9 Å². The third kappa shape index (κ3) is 3.78. The maximum atomic E-state index is 13.7. The molecule has 0 aromatic heterocycles. The fourth-order valence-electron chi connectivity index (χ4n) is 1.33. The lowest BCUT2D eigenvalue weighted by Crippen LogP contribution is -2.13. The van der Waals surface area contributed by atoms with Crippen LogP contribution in [0, 0.1) is 5.82 Å². The Labute approximate surface area is 120 Å². The van der Waals surface area contributed by atoms with Crippen LogP contribution in [0.5, 0.6) is 0 Å². The van der Waals surface area contributed by atoms with Crippen LogP contribution in [0.3, 0.4) is 0 Å². The maximum Gasteiger partial charge on any atom is 0.341 e. The molecule has 0 amide bonds. The maximum absolute atomic E-state index is 13.7. The van der Waals surface area contributed by atoms with Crippen LogP contribution in [0.15, 0.2) is 17.7 Å². The first-order chi connectivity index (χ1) is 8.88. The lowest BCUT2D eigenvalue weighted by Gasteiger charge is -2.06. The Kier molecular flexibility index (Phi) is 5.51. The van der Waals surface area contributed by atoms with Crippen molar-refractivity contribution in [1.82, 2.24) is 0 Å². The van der Waals surface area contributed by atoms with Gasteiger partial charge in [0.05, 0.1) is 16.7 Å². The summed E-state index contributed by atoms with van der Waals surface area (Å²) in [6, 6.07) is 2.39. The minimum Gasteiger partial charge on any atom is -0.462 e. The molecule has 0 radical (unpaired) electrons. The summed E-state index contributed by atoms with van der Waals surface area (Å²) < 4.78 is 18.4. The molecule has 0 N–H and O–H groups in total. The standard InChI is InChI=1S/C13H11Cl2FO3/c1-3-19-13(18)8(7(2)17)6-9-11(16)5-4-10(14)12(9)15/h4-6H,3H2,1-2H3. The number of rotatable bonds is 4. The van der Waals surface area contributed by atoms with Gasteiger partial charge in [-0.15, -0.1) is 0 Å². The van der Waals surface area contributed by atoms with E-state index in [1.807, 2.05) is 0 Å². The molecule has 0 heterocycles. The van der Waals surface area contributed by atoms with Gasteiger partial charge in [0.2, 0.25) is 0 Å². The third-order valence-electron chi connectivity index (χ3n) is 2.24. The molecule has 0 aliphatic carbocycles. The van der Waals surface area contributed by atoms with Gasteiger partial charge in [0.15, 0.2) is 5.78 Å². The van der Waals surface area contributed by atoms with Crippen LogP contribution in [-0.4, -0.2) is 18.4 Å². The van der Waals surface area contributed by atoms with Gasteiger partial charge >= 0.3 is 5.97 Å². The summed E-state index contributed by atoms with van der Waals surface area (Å²) in [5.74, 6) is -2.06. The second-order valence-corrected chi connectivity index (χ2v) is 4.38. The molecule has 0 saturated carbocycles. The molecule has 0 unspecified atom stereocenters. The second kappa shape index (κ2) is 6.68. The van der Waals surface area contributed by atoms with Crippen LogP contribution in [0.25, 0.3) is 6.08 Å². The van der Waals surface area contributed by atoms with Crippen molar-refractivity contribution >= 4 is 41.0 Å². The molecule has 0 aliphatic heterocycles. The molecule has 0 aliphatic rings. The summed E-state index contributed by atoms with van der Waals surface area (Å²) in [6.45, 7) is 2.89.